The predicted octanol–water partition coefficient (Wildman–Crippen LogP) is 3.55. The molecule has 0 spiro atoms. The Kier molecular flexibility index (Phi) is 4.04. The van der Waals surface area contributed by atoms with Gasteiger partial charge in [-0.2, -0.15) is 4.57 Å². The maximum atomic E-state index is 12.9. The zero-order valence-electron chi connectivity index (χ0n) is 14.2. The molecule has 0 saturated heterocycles. The number of ether oxygens (including phenoxy) is 1. The van der Waals surface area contributed by atoms with Crippen LogP contribution in [0.2, 0.25) is 0 Å². The van der Waals surface area contributed by atoms with Crippen LogP contribution in [-0.2, 0) is 4.74 Å². The molecule has 25 heavy (non-hydrogen) atoms. The van der Waals surface area contributed by atoms with Crippen molar-refractivity contribution < 1.29 is 14.6 Å². The maximum Gasteiger partial charge on any atom is 0.423 e. The van der Waals surface area contributed by atoms with E-state index in [2.05, 4.69) is 4.98 Å². The number of benzene rings is 2. The van der Waals surface area contributed by atoms with Crippen LogP contribution in [0.5, 0.6) is 5.75 Å². The van der Waals surface area contributed by atoms with Crippen LogP contribution < -0.4 is 5.56 Å². The van der Waals surface area contributed by atoms with Crippen molar-refractivity contribution in [2.75, 3.05) is 0 Å². The van der Waals surface area contributed by atoms with Gasteiger partial charge in [-0.1, -0.05) is 12.1 Å². The Hall–Kier alpha value is -3.15. The third kappa shape index (κ3) is 3.38. The molecule has 1 heterocycles. The van der Waals surface area contributed by atoms with Crippen LogP contribution >= 0.6 is 0 Å². The second-order valence-electron chi connectivity index (χ2n) is 6.62. The van der Waals surface area contributed by atoms with Crippen LogP contribution in [0.3, 0.4) is 0 Å². The van der Waals surface area contributed by atoms with Gasteiger partial charge in [-0.3, -0.25) is 4.79 Å². The molecule has 3 rings (SSSR count). The van der Waals surface area contributed by atoms with Gasteiger partial charge in [-0.05, 0) is 57.2 Å². The summed E-state index contributed by atoms with van der Waals surface area (Å²) in [6, 6.07) is 12.9. The van der Waals surface area contributed by atoms with E-state index in [0.29, 0.717) is 16.5 Å². The molecular formula is C19H18N2O4. The molecule has 0 fully saturated rings. The summed E-state index contributed by atoms with van der Waals surface area (Å²) in [6.45, 7) is 5.18. The van der Waals surface area contributed by atoms with Crippen LogP contribution in [0.4, 0.5) is 4.79 Å². The molecule has 128 valence electrons. The quantitative estimate of drug-likeness (QED) is 0.734. The Balaban J connectivity index is 2.30. The number of aromatic nitrogens is 2. The predicted molar refractivity (Wildman–Crippen MR) is 94.7 cm³/mol. The highest BCUT2D eigenvalue weighted by molar-refractivity contribution is 5.85. The first kappa shape index (κ1) is 16.7. The van der Waals surface area contributed by atoms with Gasteiger partial charge in [0.15, 0.2) is 5.82 Å². The van der Waals surface area contributed by atoms with Crippen LogP contribution in [-0.4, -0.2) is 26.4 Å². The Morgan fingerprint density at radius 2 is 1.72 bits per heavy atom. The average molecular weight is 338 g/mol. The number of fused-ring (bicyclic) bond motifs is 1. The lowest BCUT2D eigenvalue weighted by molar-refractivity contribution is 0.0533. The van der Waals surface area contributed by atoms with Gasteiger partial charge < -0.3 is 9.84 Å². The lowest BCUT2D eigenvalue weighted by Gasteiger charge is -2.21. The molecule has 0 bridgehead atoms. The minimum atomic E-state index is -0.793. The van der Waals surface area contributed by atoms with Crippen LogP contribution in [0.1, 0.15) is 20.8 Å². The molecule has 1 aromatic heterocycles. The molecule has 2 aromatic carbocycles. The number of carbonyl (C=O) groups excluding carboxylic acids is 1. The first-order valence-corrected chi connectivity index (χ1v) is 7.81. The SMILES string of the molecule is CC(C)(C)OC(=O)n1c(-c2ccc(O)cc2)nc2ccccc2c1=O. The summed E-state index contributed by atoms with van der Waals surface area (Å²) in [6.07, 6.45) is -0.793. The minimum Gasteiger partial charge on any atom is -0.508 e. The van der Waals surface area contributed by atoms with Crippen molar-refractivity contribution in [1.29, 1.82) is 0 Å². The molecule has 0 radical (unpaired) electrons. The summed E-state index contributed by atoms with van der Waals surface area (Å²) < 4.78 is 6.30. The molecule has 3 aromatic rings. The molecule has 0 aliphatic heterocycles. The van der Waals surface area contributed by atoms with Gasteiger partial charge in [0.25, 0.3) is 5.56 Å². The van der Waals surface area contributed by atoms with Crippen LogP contribution in [0.25, 0.3) is 22.3 Å². The second kappa shape index (κ2) is 6.05. The van der Waals surface area contributed by atoms with Gasteiger partial charge in [0.2, 0.25) is 0 Å². The molecule has 6 heteroatoms. The molecule has 0 atom stereocenters. The summed E-state index contributed by atoms with van der Waals surface area (Å²) in [5.41, 5.74) is -0.251. The Morgan fingerprint density at radius 3 is 2.36 bits per heavy atom. The largest absolute Gasteiger partial charge is 0.508 e. The molecule has 6 nitrogen and oxygen atoms in total. The lowest BCUT2D eigenvalue weighted by Crippen LogP contribution is -2.35. The highest BCUT2D eigenvalue weighted by atomic mass is 16.6. The fraction of sp³-hybridized carbons (Fsp3) is 0.211. The Bertz CT molecular complexity index is 999. The number of nitrogens with zero attached hydrogens (tertiary/aromatic N) is 2. The fourth-order valence-corrected chi connectivity index (χ4v) is 2.41. The van der Waals surface area contributed by atoms with Crippen molar-refractivity contribution in [1.82, 2.24) is 9.55 Å². The summed E-state index contributed by atoms with van der Waals surface area (Å²) in [7, 11) is 0. The number of hydrogen-bond acceptors (Lipinski definition) is 5. The number of rotatable bonds is 1. The molecule has 0 saturated carbocycles. The first-order valence-electron chi connectivity index (χ1n) is 7.81. The standard InChI is InChI=1S/C19H18N2O4/c1-19(2,3)25-18(24)21-16(12-8-10-13(22)11-9-12)20-15-7-5-4-6-14(15)17(21)23/h4-11,22H,1-3H3. The fourth-order valence-electron chi connectivity index (χ4n) is 2.41. The number of aromatic hydroxyl groups is 1. The van der Waals surface area contributed by atoms with Gasteiger partial charge >= 0.3 is 6.09 Å². The summed E-state index contributed by atoms with van der Waals surface area (Å²) in [5, 5.41) is 9.81. The van der Waals surface area contributed by atoms with Gasteiger partial charge in [0, 0.05) is 5.56 Å². The van der Waals surface area contributed by atoms with Gasteiger partial charge in [-0.15, -0.1) is 0 Å². The normalized spacial score (nSPS) is 11.5. The van der Waals surface area contributed by atoms with E-state index in [9.17, 15) is 14.7 Å². The lowest BCUT2D eigenvalue weighted by atomic mass is 10.1. The van der Waals surface area contributed by atoms with E-state index in [1.54, 1.807) is 57.2 Å². The molecule has 0 amide bonds. The Morgan fingerprint density at radius 1 is 1.08 bits per heavy atom. The summed E-state index contributed by atoms with van der Waals surface area (Å²) >= 11 is 0. The van der Waals surface area contributed by atoms with E-state index in [1.807, 2.05) is 0 Å². The average Bonchev–Trinajstić information content (AvgIpc) is 2.53. The number of hydrogen-bond donors (Lipinski definition) is 1. The molecule has 0 unspecified atom stereocenters. The highest BCUT2D eigenvalue weighted by Crippen LogP contribution is 2.22. The second-order valence-corrected chi connectivity index (χ2v) is 6.62. The maximum absolute atomic E-state index is 12.9. The van der Waals surface area contributed by atoms with Crippen LogP contribution in [0, 0.1) is 0 Å². The Labute approximate surface area is 144 Å². The minimum absolute atomic E-state index is 0.0794. The van der Waals surface area contributed by atoms with E-state index in [-0.39, 0.29) is 11.6 Å². The molecule has 0 aliphatic carbocycles. The zero-order chi connectivity index (χ0) is 18.2. The van der Waals surface area contributed by atoms with Gasteiger partial charge in [-0.25, -0.2) is 9.78 Å². The monoisotopic (exact) mass is 338 g/mol. The highest BCUT2D eigenvalue weighted by Gasteiger charge is 2.23. The first-order chi connectivity index (χ1) is 11.8. The summed E-state index contributed by atoms with van der Waals surface area (Å²) in [4.78, 5) is 30.0. The third-order valence-electron chi connectivity index (χ3n) is 3.48. The molecule has 1 N–H and O–H groups in total. The van der Waals surface area contributed by atoms with Crippen molar-refractivity contribution >= 4 is 17.0 Å². The summed E-state index contributed by atoms with van der Waals surface area (Å²) in [5.74, 6) is 0.244. The van der Waals surface area contributed by atoms with Crippen LogP contribution in [0.15, 0.2) is 53.3 Å². The smallest absolute Gasteiger partial charge is 0.423 e. The zero-order valence-corrected chi connectivity index (χ0v) is 14.2. The topological polar surface area (TPSA) is 81.4 Å². The van der Waals surface area contributed by atoms with Crippen molar-refractivity contribution in [2.24, 2.45) is 0 Å². The molecular weight excluding hydrogens is 320 g/mol. The number of carbonyl (C=O) groups is 1. The third-order valence-corrected chi connectivity index (χ3v) is 3.48. The van der Waals surface area contributed by atoms with E-state index in [0.717, 1.165) is 4.57 Å². The van der Waals surface area contributed by atoms with E-state index < -0.39 is 17.3 Å². The number of para-hydroxylation sites is 1. The number of phenolic OH excluding ortho intramolecular Hbond substituents is 1. The van der Waals surface area contributed by atoms with Crippen molar-refractivity contribution in [3.63, 3.8) is 0 Å². The van der Waals surface area contributed by atoms with E-state index >= 15 is 0 Å². The van der Waals surface area contributed by atoms with E-state index in [1.165, 1.54) is 12.1 Å². The van der Waals surface area contributed by atoms with Gasteiger partial charge in [0.1, 0.15) is 11.4 Å². The molecule has 0 aliphatic rings. The van der Waals surface area contributed by atoms with Gasteiger partial charge in [0.05, 0.1) is 10.9 Å². The number of phenols is 1. The van der Waals surface area contributed by atoms with Crippen molar-refractivity contribution in [3.05, 3.63) is 58.9 Å². The van der Waals surface area contributed by atoms with Crippen molar-refractivity contribution in [2.45, 2.75) is 26.4 Å². The van der Waals surface area contributed by atoms with Crippen molar-refractivity contribution in [3.8, 4) is 17.1 Å². The van der Waals surface area contributed by atoms with E-state index in [4.69, 9.17) is 4.74 Å².